The van der Waals surface area contributed by atoms with Gasteiger partial charge in [0, 0.05) is 11.3 Å². The van der Waals surface area contributed by atoms with E-state index in [0.717, 1.165) is 17.1 Å². The molecule has 15 heavy (non-hydrogen) atoms. The molecular formula is C11H16N2OS. The first-order chi connectivity index (χ1) is 7.27. The Bertz CT molecular complexity index is 339. The monoisotopic (exact) mass is 224 g/mol. The first kappa shape index (κ1) is 11.9. The van der Waals surface area contributed by atoms with Crippen molar-refractivity contribution in [2.75, 3.05) is 5.75 Å². The predicted octanol–water partition coefficient (Wildman–Crippen LogP) is 2.42. The number of amidine groups is 1. The second kappa shape index (κ2) is 6.35. The Morgan fingerprint density at radius 2 is 2.33 bits per heavy atom. The highest BCUT2D eigenvalue weighted by atomic mass is 32.2. The fraction of sp³-hybridized carbons (Fsp3) is 0.364. The Balaban J connectivity index is 2.66. The van der Waals surface area contributed by atoms with Gasteiger partial charge in [0.05, 0.1) is 0 Å². The van der Waals surface area contributed by atoms with Crippen LogP contribution in [0, 0.1) is 0 Å². The van der Waals surface area contributed by atoms with Crippen LogP contribution in [0.5, 0.6) is 0 Å². The van der Waals surface area contributed by atoms with Crippen molar-refractivity contribution in [1.29, 1.82) is 0 Å². The van der Waals surface area contributed by atoms with Crippen molar-refractivity contribution in [3.63, 3.8) is 0 Å². The van der Waals surface area contributed by atoms with E-state index in [1.807, 2.05) is 30.0 Å². The molecule has 4 heteroatoms. The van der Waals surface area contributed by atoms with Crippen molar-refractivity contribution < 1.29 is 5.21 Å². The second-order valence-electron chi connectivity index (χ2n) is 3.24. The SMILES string of the molecule is CCCSCc1cccc(/C(N)=N/O)c1. The minimum atomic E-state index is 0.164. The average Bonchev–Trinajstić information content (AvgIpc) is 2.29. The van der Waals surface area contributed by atoms with Crippen LogP contribution in [-0.2, 0) is 5.75 Å². The van der Waals surface area contributed by atoms with Gasteiger partial charge in [0.25, 0.3) is 0 Å². The molecule has 0 saturated heterocycles. The van der Waals surface area contributed by atoms with E-state index >= 15 is 0 Å². The summed E-state index contributed by atoms with van der Waals surface area (Å²) in [6, 6.07) is 7.77. The summed E-state index contributed by atoms with van der Waals surface area (Å²) in [6.07, 6.45) is 1.19. The molecule has 0 aromatic heterocycles. The molecule has 0 unspecified atom stereocenters. The van der Waals surface area contributed by atoms with E-state index in [9.17, 15) is 0 Å². The van der Waals surface area contributed by atoms with Gasteiger partial charge in [-0.25, -0.2) is 0 Å². The number of hydrogen-bond donors (Lipinski definition) is 2. The van der Waals surface area contributed by atoms with Crippen LogP contribution in [0.25, 0.3) is 0 Å². The van der Waals surface area contributed by atoms with Crippen molar-refractivity contribution in [1.82, 2.24) is 0 Å². The molecule has 0 amide bonds. The third kappa shape index (κ3) is 3.83. The van der Waals surface area contributed by atoms with Crippen molar-refractivity contribution in [3.8, 4) is 0 Å². The number of nitrogens with two attached hydrogens (primary N) is 1. The molecule has 0 bridgehead atoms. The topological polar surface area (TPSA) is 58.6 Å². The maximum Gasteiger partial charge on any atom is 0.170 e. The lowest BCUT2D eigenvalue weighted by atomic mass is 10.1. The normalized spacial score (nSPS) is 11.7. The molecule has 0 heterocycles. The summed E-state index contributed by atoms with van der Waals surface area (Å²) < 4.78 is 0. The van der Waals surface area contributed by atoms with Gasteiger partial charge in [0.15, 0.2) is 5.84 Å². The highest BCUT2D eigenvalue weighted by molar-refractivity contribution is 7.98. The molecule has 1 rings (SSSR count). The van der Waals surface area contributed by atoms with Gasteiger partial charge in [0.1, 0.15) is 0 Å². The van der Waals surface area contributed by atoms with E-state index in [1.54, 1.807) is 0 Å². The largest absolute Gasteiger partial charge is 0.409 e. The summed E-state index contributed by atoms with van der Waals surface area (Å²) in [4.78, 5) is 0. The van der Waals surface area contributed by atoms with Gasteiger partial charge in [0.2, 0.25) is 0 Å². The summed E-state index contributed by atoms with van der Waals surface area (Å²) in [6.45, 7) is 2.17. The van der Waals surface area contributed by atoms with Gasteiger partial charge in [-0.05, 0) is 23.8 Å². The lowest BCUT2D eigenvalue weighted by molar-refractivity contribution is 0.318. The Hall–Kier alpha value is -1.16. The van der Waals surface area contributed by atoms with Gasteiger partial charge >= 0.3 is 0 Å². The first-order valence-corrected chi connectivity index (χ1v) is 6.08. The summed E-state index contributed by atoms with van der Waals surface area (Å²) in [5.41, 5.74) is 7.49. The molecule has 0 aliphatic heterocycles. The molecule has 3 N–H and O–H groups in total. The Kier molecular flexibility index (Phi) is 5.04. The third-order valence-electron chi connectivity index (χ3n) is 1.95. The van der Waals surface area contributed by atoms with E-state index in [0.29, 0.717) is 0 Å². The van der Waals surface area contributed by atoms with Gasteiger partial charge in [-0.3, -0.25) is 0 Å². The molecular weight excluding hydrogens is 208 g/mol. The average molecular weight is 224 g/mol. The van der Waals surface area contributed by atoms with Crippen molar-refractivity contribution in [2.24, 2.45) is 10.9 Å². The zero-order valence-electron chi connectivity index (χ0n) is 8.81. The second-order valence-corrected chi connectivity index (χ2v) is 4.34. The van der Waals surface area contributed by atoms with E-state index < -0.39 is 0 Å². The van der Waals surface area contributed by atoms with E-state index in [4.69, 9.17) is 10.9 Å². The maximum atomic E-state index is 8.55. The van der Waals surface area contributed by atoms with E-state index in [2.05, 4.69) is 18.1 Å². The molecule has 1 aromatic carbocycles. The standard InChI is InChI=1S/C11H16N2OS/c1-2-6-15-8-9-4-3-5-10(7-9)11(12)13-14/h3-5,7,14H,2,6,8H2,1H3,(H2,12,13). The fourth-order valence-electron chi connectivity index (χ4n) is 1.21. The fourth-order valence-corrected chi connectivity index (χ4v) is 2.06. The van der Waals surface area contributed by atoms with Crippen LogP contribution in [0.2, 0.25) is 0 Å². The van der Waals surface area contributed by atoms with Crippen LogP contribution in [0.1, 0.15) is 24.5 Å². The molecule has 0 aliphatic carbocycles. The molecule has 0 aliphatic rings. The Morgan fingerprint density at radius 1 is 1.53 bits per heavy atom. The van der Waals surface area contributed by atoms with E-state index in [1.165, 1.54) is 12.0 Å². The van der Waals surface area contributed by atoms with Crippen LogP contribution in [0.15, 0.2) is 29.4 Å². The summed E-state index contributed by atoms with van der Waals surface area (Å²) in [5.74, 6) is 2.30. The molecule has 0 radical (unpaired) electrons. The van der Waals surface area contributed by atoms with Gasteiger partial charge in [-0.15, -0.1) is 0 Å². The van der Waals surface area contributed by atoms with Crippen molar-refractivity contribution in [3.05, 3.63) is 35.4 Å². The van der Waals surface area contributed by atoms with Crippen molar-refractivity contribution >= 4 is 17.6 Å². The van der Waals surface area contributed by atoms with Gasteiger partial charge < -0.3 is 10.9 Å². The highest BCUT2D eigenvalue weighted by Crippen LogP contribution is 2.14. The number of hydrogen-bond acceptors (Lipinski definition) is 3. The van der Waals surface area contributed by atoms with Crippen LogP contribution >= 0.6 is 11.8 Å². The third-order valence-corrected chi connectivity index (χ3v) is 3.18. The lowest BCUT2D eigenvalue weighted by Crippen LogP contribution is -2.13. The Morgan fingerprint density at radius 3 is 3.00 bits per heavy atom. The lowest BCUT2D eigenvalue weighted by Gasteiger charge is -2.03. The predicted molar refractivity (Wildman–Crippen MR) is 65.4 cm³/mol. The van der Waals surface area contributed by atoms with Crippen LogP contribution in [0.4, 0.5) is 0 Å². The molecule has 3 nitrogen and oxygen atoms in total. The Labute approximate surface area is 94.4 Å². The highest BCUT2D eigenvalue weighted by Gasteiger charge is 2.00. The smallest absolute Gasteiger partial charge is 0.170 e. The van der Waals surface area contributed by atoms with Crippen LogP contribution in [-0.4, -0.2) is 16.8 Å². The number of oxime groups is 1. The summed E-state index contributed by atoms with van der Waals surface area (Å²) >= 11 is 1.89. The van der Waals surface area contributed by atoms with Crippen molar-refractivity contribution in [2.45, 2.75) is 19.1 Å². The minimum Gasteiger partial charge on any atom is -0.409 e. The number of rotatable bonds is 5. The molecule has 0 saturated carbocycles. The summed E-state index contributed by atoms with van der Waals surface area (Å²) in [7, 11) is 0. The zero-order chi connectivity index (χ0) is 11.1. The minimum absolute atomic E-state index is 0.164. The quantitative estimate of drug-likeness (QED) is 0.265. The zero-order valence-corrected chi connectivity index (χ0v) is 9.63. The number of thioether (sulfide) groups is 1. The molecule has 0 fully saturated rings. The van der Waals surface area contributed by atoms with Crippen LogP contribution in [0.3, 0.4) is 0 Å². The van der Waals surface area contributed by atoms with Gasteiger partial charge in [-0.2, -0.15) is 11.8 Å². The molecule has 1 aromatic rings. The van der Waals surface area contributed by atoms with E-state index in [-0.39, 0.29) is 5.84 Å². The summed E-state index contributed by atoms with van der Waals surface area (Å²) in [5, 5.41) is 11.5. The molecule has 82 valence electrons. The van der Waals surface area contributed by atoms with Crippen LogP contribution < -0.4 is 5.73 Å². The number of benzene rings is 1. The first-order valence-electron chi connectivity index (χ1n) is 4.92. The van der Waals surface area contributed by atoms with Gasteiger partial charge in [-0.1, -0.05) is 30.3 Å². The molecule has 0 spiro atoms. The molecule has 0 atom stereocenters. The maximum absolute atomic E-state index is 8.55. The number of nitrogens with zero attached hydrogens (tertiary/aromatic N) is 1.